The van der Waals surface area contributed by atoms with Gasteiger partial charge < -0.3 is 4.90 Å². The van der Waals surface area contributed by atoms with Crippen LogP contribution in [0.15, 0.2) is 17.4 Å². The second-order valence-electron chi connectivity index (χ2n) is 3.21. The van der Waals surface area contributed by atoms with E-state index in [0.29, 0.717) is 10.9 Å². The quantitative estimate of drug-likeness (QED) is 0.556. The highest BCUT2D eigenvalue weighted by Crippen LogP contribution is 2.12. The molecule has 0 aliphatic rings. The summed E-state index contributed by atoms with van der Waals surface area (Å²) in [6, 6.07) is 3.63. The van der Waals surface area contributed by atoms with Gasteiger partial charge in [-0.3, -0.25) is 0 Å². The zero-order valence-electron chi connectivity index (χ0n) is 9.68. The van der Waals surface area contributed by atoms with Crippen LogP contribution in [0.4, 0.5) is 0 Å². The van der Waals surface area contributed by atoms with E-state index in [-0.39, 0.29) is 0 Å². The van der Waals surface area contributed by atoms with Gasteiger partial charge in [-0.15, -0.1) is 0 Å². The summed E-state index contributed by atoms with van der Waals surface area (Å²) >= 11 is 1.59. The van der Waals surface area contributed by atoms with E-state index in [4.69, 9.17) is 5.26 Å². The fourth-order valence-corrected chi connectivity index (χ4v) is 2.11. The van der Waals surface area contributed by atoms with E-state index < -0.39 is 0 Å². The fraction of sp³-hybridized carbons (Fsp3) is 0.545. The third kappa shape index (κ3) is 4.17. The lowest BCUT2D eigenvalue weighted by molar-refractivity contribution is 0.324. The Labute approximate surface area is 101 Å². The minimum atomic E-state index is 0.431. The largest absolute Gasteiger partial charge is 0.303 e. The zero-order valence-corrected chi connectivity index (χ0v) is 10.5. The molecule has 5 heteroatoms. The number of nitrogens with zero attached hydrogens (tertiary/aromatic N) is 4. The molecule has 1 heterocycles. The minimum absolute atomic E-state index is 0.431. The van der Waals surface area contributed by atoms with E-state index in [1.807, 2.05) is 6.07 Å². The lowest BCUT2D eigenvalue weighted by atomic mass is 10.5. The summed E-state index contributed by atoms with van der Waals surface area (Å²) < 4.78 is 0. The number of aromatic nitrogens is 2. The summed E-state index contributed by atoms with van der Waals surface area (Å²) in [4.78, 5) is 10.6. The average molecular weight is 236 g/mol. The first-order chi connectivity index (χ1) is 7.80. The van der Waals surface area contributed by atoms with Crippen molar-refractivity contribution in [3.63, 3.8) is 0 Å². The molecular formula is C11H16N4S. The summed E-state index contributed by atoms with van der Waals surface area (Å²) in [6.45, 7) is 7.46. The molecule has 1 aromatic heterocycles. The van der Waals surface area contributed by atoms with E-state index in [1.54, 1.807) is 24.0 Å². The number of hydrogen-bond donors (Lipinski definition) is 0. The Bertz CT molecular complexity index is 357. The predicted molar refractivity (Wildman–Crippen MR) is 65.3 cm³/mol. The number of rotatable bonds is 6. The van der Waals surface area contributed by atoms with Crippen LogP contribution in [-0.2, 0) is 0 Å². The van der Waals surface area contributed by atoms with Crippen LogP contribution in [0, 0.1) is 11.3 Å². The Kier molecular flexibility index (Phi) is 5.83. The lowest BCUT2D eigenvalue weighted by Crippen LogP contribution is -2.25. The maximum Gasteiger partial charge on any atom is 0.188 e. The van der Waals surface area contributed by atoms with E-state index in [1.165, 1.54) is 0 Å². The molecule has 0 aromatic carbocycles. The summed E-state index contributed by atoms with van der Waals surface area (Å²) in [5, 5.41) is 9.38. The summed E-state index contributed by atoms with van der Waals surface area (Å²) in [6.07, 6.45) is 1.63. The van der Waals surface area contributed by atoms with Gasteiger partial charge >= 0.3 is 0 Å². The van der Waals surface area contributed by atoms with Crippen LogP contribution in [-0.4, -0.2) is 40.3 Å². The van der Waals surface area contributed by atoms with Crippen molar-refractivity contribution >= 4 is 11.8 Å². The van der Waals surface area contributed by atoms with Gasteiger partial charge in [0.25, 0.3) is 0 Å². The van der Waals surface area contributed by atoms with Gasteiger partial charge in [0, 0.05) is 18.5 Å². The molecule has 4 nitrogen and oxygen atoms in total. The summed E-state index contributed by atoms with van der Waals surface area (Å²) in [5.74, 6) is 0.955. The molecule has 0 aliphatic carbocycles. The Balaban J connectivity index is 2.40. The molecule has 0 saturated heterocycles. The highest BCUT2D eigenvalue weighted by atomic mass is 32.2. The standard InChI is InChI=1S/C11H16N4S/c1-3-15(4-2)7-8-16-11-13-6-5-10(9-12)14-11/h5-6H,3-4,7-8H2,1-2H3. The van der Waals surface area contributed by atoms with Crippen LogP contribution in [0.25, 0.3) is 0 Å². The van der Waals surface area contributed by atoms with Gasteiger partial charge in [0.05, 0.1) is 0 Å². The van der Waals surface area contributed by atoms with Crippen LogP contribution in [0.1, 0.15) is 19.5 Å². The molecular weight excluding hydrogens is 220 g/mol. The molecule has 86 valence electrons. The molecule has 1 rings (SSSR count). The molecule has 0 saturated carbocycles. The summed E-state index contributed by atoms with van der Waals surface area (Å²) in [5.41, 5.74) is 0.431. The normalized spacial score (nSPS) is 10.4. The van der Waals surface area contributed by atoms with Gasteiger partial charge in [-0.1, -0.05) is 25.6 Å². The molecule has 1 aromatic rings. The second kappa shape index (κ2) is 7.20. The molecule has 0 aliphatic heterocycles. The lowest BCUT2D eigenvalue weighted by Gasteiger charge is -2.16. The highest BCUT2D eigenvalue weighted by molar-refractivity contribution is 7.99. The summed E-state index contributed by atoms with van der Waals surface area (Å²) in [7, 11) is 0. The van der Waals surface area contributed by atoms with Gasteiger partial charge in [-0.25, -0.2) is 9.97 Å². The SMILES string of the molecule is CCN(CC)CCSc1nccc(C#N)n1. The molecule has 0 bridgehead atoms. The first-order valence-corrected chi connectivity index (χ1v) is 6.37. The Hall–Kier alpha value is -1.12. The maximum absolute atomic E-state index is 8.69. The van der Waals surface area contributed by atoms with E-state index in [9.17, 15) is 0 Å². The van der Waals surface area contributed by atoms with E-state index in [2.05, 4.69) is 28.7 Å². The van der Waals surface area contributed by atoms with Crippen molar-refractivity contribution in [1.29, 1.82) is 5.26 Å². The van der Waals surface area contributed by atoms with E-state index >= 15 is 0 Å². The van der Waals surface area contributed by atoms with Crippen molar-refractivity contribution in [1.82, 2.24) is 14.9 Å². The fourth-order valence-electron chi connectivity index (χ4n) is 1.28. The Morgan fingerprint density at radius 2 is 2.19 bits per heavy atom. The van der Waals surface area contributed by atoms with Crippen molar-refractivity contribution in [3.05, 3.63) is 18.0 Å². The van der Waals surface area contributed by atoms with E-state index in [0.717, 1.165) is 25.4 Å². The average Bonchev–Trinajstić information content (AvgIpc) is 2.35. The number of hydrogen-bond acceptors (Lipinski definition) is 5. The van der Waals surface area contributed by atoms with Gasteiger partial charge in [-0.2, -0.15) is 5.26 Å². The molecule has 0 radical (unpaired) electrons. The topological polar surface area (TPSA) is 52.8 Å². The third-order valence-electron chi connectivity index (χ3n) is 2.28. The number of thioether (sulfide) groups is 1. The molecule has 0 spiro atoms. The van der Waals surface area contributed by atoms with Crippen molar-refractivity contribution in [2.75, 3.05) is 25.4 Å². The van der Waals surface area contributed by atoms with Crippen molar-refractivity contribution in [2.24, 2.45) is 0 Å². The van der Waals surface area contributed by atoms with Gasteiger partial charge in [-0.05, 0) is 19.2 Å². The van der Waals surface area contributed by atoms with Crippen molar-refractivity contribution in [2.45, 2.75) is 19.0 Å². The molecule has 0 atom stereocenters. The first-order valence-electron chi connectivity index (χ1n) is 5.38. The van der Waals surface area contributed by atoms with Crippen LogP contribution in [0.5, 0.6) is 0 Å². The van der Waals surface area contributed by atoms with Gasteiger partial charge in [0.15, 0.2) is 5.16 Å². The van der Waals surface area contributed by atoms with Gasteiger partial charge in [0.2, 0.25) is 0 Å². The van der Waals surface area contributed by atoms with Gasteiger partial charge in [0.1, 0.15) is 11.8 Å². The number of nitriles is 1. The molecule has 0 amide bonds. The highest BCUT2D eigenvalue weighted by Gasteiger charge is 2.02. The predicted octanol–water partition coefficient (Wildman–Crippen LogP) is 1.78. The zero-order chi connectivity index (χ0) is 11.8. The smallest absolute Gasteiger partial charge is 0.188 e. The van der Waals surface area contributed by atoms with Crippen molar-refractivity contribution < 1.29 is 0 Å². The van der Waals surface area contributed by atoms with Crippen molar-refractivity contribution in [3.8, 4) is 6.07 Å². The minimum Gasteiger partial charge on any atom is -0.303 e. The van der Waals surface area contributed by atoms with Crippen LogP contribution in [0.2, 0.25) is 0 Å². The third-order valence-corrected chi connectivity index (χ3v) is 3.12. The Morgan fingerprint density at radius 1 is 1.44 bits per heavy atom. The molecule has 16 heavy (non-hydrogen) atoms. The van der Waals surface area contributed by atoms with Crippen LogP contribution < -0.4 is 0 Å². The second-order valence-corrected chi connectivity index (χ2v) is 4.27. The molecule has 0 unspecified atom stereocenters. The first kappa shape index (κ1) is 12.9. The van der Waals surface area contributed by atoms with Crippen LogP contribution >= 0.6 is 11.8 Å². The molecule has 0 fully saturated rings. The Morgan fingerprint density at radius 3 is 2.81 bits per heavy atom. The monoisotopic (exact) mass is 236 g/mol. The van der Waals surface area contributed by atoms with Crippen LogP contribution in [0.3, 0.4) is 0 Å². The molecule has 0 N–H and O–H groups in total. The maximum atomic E-state index is 8.69.